The first-order valence-electron chi connectivity index (χ1n) is 12.9. The summed E-state index contributed by atoms with van der Waals surface area (Å²) in [5.74, 6) is 0.0285. The number of aliphatic hydroxyl groups is 1. The largest absolute Gasteiger partial charge is 0.491 e. The van der Waals surface area contributed by atoms with Crippen LogP contribution in [0.1, 0.15) is 24.5 Å². The Kier molecular flexibility index (Phi) is 10.1. The van der Waals surface area contributed by atoms with Crippen molar-refractivity contribution in [2.24, 2.45) is 0 Å². The number of hydrogen-bond donors (Lipinski definition) is 3. The van der Waals surface area contributed by atoms with Gasteiger partial charge >= 0.3 is 12.1 Å². The minimum absolute atomic E-state index is 0.112. The van der Waals surface area contributed by atoms with Crippen molar-refractivity contribution in [2.45, 2.75) is 25.0 Å². The Balaban J connectivity index is 1.65. The molecule has 0 heterocycles. The first-order chi connectivity index (χ1) is 19.5. The van der Waals surface area contributed by atoms with Crippen molar-refractivity contribution >= 4 is 28.5 Å². The van der Waals surface area contributed by atoms with Gasteiger partial charge in [0.05, 0.1) is 12.3 Å². The van der Waals surface area contributed by atoms with Crippen LogP contribution in [-0.4, -0.2) is 41.6 Å². The average molecular weight is 542 g/mol. The molecule has 4 rings (SSSR count). The van der Waals surface area contributed by atoms with Crippen LogP contribution < -0.4 is 14.8 Å². The second kappa shape index (κ2) is 14.4. The average Bonchev–Trinajstić information content (AvgIpc) is 2.97. The third-order valence-corrected chi connectivity index (χ3v) is 6.05. The standard InChI is InChI=1S/C32H31NO7/c34-20-21-38-26-15-8-12-24(22-26)31(29(18-6-7-19-30(35)36)39-25-13-2-1-3-14-25)40-32(37)33-28-17-9-11-23-10-4-5-16-27(23)28/h1-5,7-17,19,22,29,31,34H,6,18,20-21H2,(H,33,37)(H,35,36)/b19-7+/t29-,31-/m1/s1. The Morgan fingerprint density at radius 3 is 2.40 bits per heavy atom. The van der Waals surface area contributed by atoms with Crippen molar-refractivity contribution in [1.29, 1.82) is 0 Å². The van der Waals surface area contributed by atoms with E-state index < -0.39 is 24.3 Å². The molecular weight excluding hydrogens is 510 g/mol. The molecule has 8 nitrogen and oxygen atoms in total. The number of anilines is 1. The van der Waals surface area contributed by atoms with Crippen molar-refractivity contribution in [2.75, 3.05) is 18.5 Å². The Hall–Kier alpha value is -4.82. The van der Waals surface area contributed by atoms with E-state index in [-0.39, 0.29) is 13.2 Å². The molecule has 0 bridgehead atoms. The van der Waals surface area contributed by atoms with Crippen LogP contribution in [0.3, 0.4) is 0 Å². The summed E-state index contributed by atoms with van der Waals surface area (Å²) in [7, 11) is 0. The van der Waals surface area contributed by atoms with Gasteiger partial charge in [0.15, 0.2) is 6.10 Å². The summed E-state index contributed by atoms with van der Waals surface area (Å²) in [4.78, 5) is 24.3. The summed E-state index contributed by atoms with van der Waals surface area (Å²) in [6.45, 7) is -0.0340. The van der Waals surface area contributed by atoms with Crippen molar-refractivity contribution in [1.82, 2.24) is 0 Å². The van der Waals surface area contributed by atoms with Crippen molar-refractivity contribution in [3.63, 3.8) is 0 Å². The van der Waals surface area contributed by atoms with Gasteiger partial charge in [-0.05, 0) is 54.1 Å². The van der Waals surface area contributed by atoms with Gasteiger partial charge in [0.25, 0.3) is 0 Å². The molecule has 1 amide bonds. The first-order valence-corrected chi connectivity index (χ1v) is 12.9. The summed E-state index contributed by atoms with van der Waals surface area (Å²) < 4.78 is 17.9. The number of ether oxygens (including phenoxy) is 3. The predicted octanol–water partition coefficient (Wildman–Crippen LogP) is 6.37. The van der Waals surface area contributed by atoms with E-state index in [1.165, 1.54) is 6.08 Å². The molecule has 4 aromatic rings. The molecule has 4 aromatic carbocycles. The molecule has 0 spiro atoms. The number of nitrogens with one attached hydrogen (secondary N) is 1. The number of para-hydroxylation sites is 1. The van der Waals surface area contributed by atoms with Crippen molar-refractivity contribution < 1.29 is 34.0 Å². The second-order valence-corrected chi connectivity index (χ2v) is 8.91. The van der Waals surface area contributed by atoms with Crippen LogP contribution in [0.15, 0.2) is 109 Å². The third-order valence-electron chi connectivity index (χ3n) is 6.05. The van der Waals surface area contributed by atoms with E-state index in [0.717, 1.165) is 16.8 Å². The number of fused-ring (bicyclic) bond motifs is 1. The van der Waals surface area contributed by atoms with Crippen LogP contribution in [0, 0.1) is 0 Å². The van der Waals surface area contributed by atoms with Crippen LogP contribution in [0.4, 0.5) is 10.5 Å². The first kappa shape index (κ1) is 28.2. The van der Waals surface area contributed by atoms with Gasteiger partial charge in [0.1, 0.15) is 24.2 Å². The lowest BCUT2D eigenvalue weighted by Gasteiger charge is -2.28. The van der Waals surface area contributed by atoms with E-state index >= 15 is 0 Å². The lowest BCUT2D eigenvalue weighted by atomic mass is 9.99. The van der Waals surface area contributed by atoms with Gasteiger partial charge < -0.3 is 24.4 Å². The molecule has 0 aliphatic carbocycles. The normalized spacial score (nSPS) is 12.5. The number of aliphatic carboxylic acids is 1. The number of benzene rings is 4. The van der Waals surface area contributed by atoms with Crippen molar-refractivity contribution in [3.05, 3.63) is 115 Å². The SMILES string of the molecule is O=C(O)/C=C/CC[C@@H](Oc1ccccc1)[C@H](OC(=O)Nc1cccc2ccccc12)c1cccc(OCCO)c1. The predicted molar refractivity (Wildman–Crippen MR) is 153 cm³/mol. The Morgan fingerprint density at radius 1 is 0.875 bits per heavy atom. The number of aliphatic hydroxyl groups excluding tert-OH is 1. The number of rotatable bonds is 13. The monoisotopic (exact) mass is 541 g/mol. The van der Waals surface area contributed by atoms with E-state index in [1.54, 1.807) is 42.5 Å². The summed E-state index contributed by atoms with van der Waals surface area (Å²) >= 11 is 0. The van der Waals surface area contributed by atoms with Gasteiger partial charge in [-0.15, -0.1) is 0 Å². The smallest absolute Gasteiger partial charge is 0.412 e. The molecule has 2 atom stereocenters. The van der Waals surface area contributed by atoms with E-state index in [4.69, 9.17) is 19.3 Å². The van der Waals surface area contributed by atoms with Crippen LogP contribution in [0.2, 0.25) is 0 Å². The summed E-state index contributed by atoms with van der Waals surface area (Å²) in [6.07, 6.45) is 1.11. The zero-order valence-electron chi connectivity index (χ0n) is 21.8. The lowest BCUT2D eigenvalue weighted by Crippen LogP contribution is -2.31. The summed E-state index contributed by atoms with van der Waals surface area (Å²) in [5, 5.41) is 22.9. The summed E-state index contributed by atoms with van der Waals surface area (Å²) in [5.41, 5.74) is 1.22. The van der Waals surface area contributed by atoms with E-state index in [2.05, 4.69) is 5.32 Å². The van der Waals surface area contributed by atoms with E-state index in [1.807, 2.05) is 54.6 Å². The highest BCUT2D eigenvalue weighted by molar-refractivity contribution is 6.00. The Bertz CT molecular complexity index is 1430. The highest BCUT2D eigenvalue weighted by Crippen LogP contribution is 2.32. The molecule has 0 aromatic heterocycles. The van der Waals surface area contributed by atoms with Gasteiger partial charge in [0, 0.05) is 11.5 Å². The maximum Gasteiger partial charge on any atom is 0.412 e. The zero-order chi connectivity index (χ0) is 28.2. The molecule has 8 heteroatoms. The zero-order valence-corrected chi connectivity index (χ0v) is 21.8. The quantitative estimate of drug-likeness (QED) is 0.169. The van der Waals surface area contributed by atoms with Gasteiger partial charge in [-0.25, -0.2) is 9.59 Å². The maximum atomic E-state index is 13.3. The summed E-state index contributed by atoms with van der Waals surface area (Å²) in [6, 6.07) is 29.5. The number of amides is 1. The molecule has 3 N–H and O–H groups in total. The fourth-order valence-electron chi connectivity index (χ4n) is 4.28. The van der Waals surface area contributed by atoms with Gasteiger partial charge in [-0.3, -0.25) is 5.32 Å². The molecule has 0 aliphatic heterocycles. The third kappa shape index (κ3) is 8.09. The van der Waals surface area contributed by atoms with Crippen LogP contribution in [0.5, 0.6) is 11.5 Å². The minimum atomic E-state index is -1.04. The second-order valence-electron chi connectivity index (χ2n) is 8.91. The highest BCUT2D eigenvalue weighted by atomic mass is 16.6. The maximum absolute atomic E-state index is 13.3. The molecule has 0 aliphatic rings. The number of carbonyl (C=O) groups is 2. The molecule has 0 saturated carbocycles. The number of carboxylic acids is 1. The Morgan fingerprint density at radius 2 is 1.60 bits per heavy atom. The van der Waals surface area contributed by atoms with Crippen LogP contribution >= 0.6 is 0 Å². The van der Waals surface area contributed by atoms with E-state index in [0.29, 0.717) is 35.6 Å². The van der Waals surface area contributed by atoms with Crippen LogP contribution in [-0.2, 0) is 9.53 Å². The molecule has 0 saturated heterocycles. The van der Waals surface area contributed by atoms with Gasteiger partial charge in [0.2, 0.25) is 0 Å². The molecule has 206 valence electrons. The fraction of sp³-hybridized carbons (Fsp3) is 0.188. The minimum Gasteiger partial charge on any atom is -0.491 e. The van der Waals surface area contributed by atoms with Gasteiger partial charge in [-0.1, -0.05) is 72.8 Å². The molecule has 0 fully saturated rings. The molecule has 0 radical (unpaired) electrons. The van der Waals surface area contributed by atoms with Crippen molar-refractivity contribution in [3.8, 4) is 11.5 Å². The topological polar surface area (TPSA) is 114 Å². The molecular formula is C32H31NO7. The lowest BCUT2D eigenvalue weighted by molar-refractivity contribution is -0.131. The number of carbonyl (C=O) groups excluding carboxylic acids is 1. The fourth-order valence-corrected chi connectivity index (χ4v) is 4.28. The number of allylic oxidation sites excluding steroid dienone is 1. The Labute approximate surface area is 232 Å². The number of hydrogen-bond acceptors (Lipinski definition) is 6. The van der Waals surface area contributed by atoms with Crippen LogP contribution in [0.25, 0.3) is 10.8 Å². The molecule has 40 heavy (non-hydrogen) atoms. The highest BCUT2D eigenvalue weighted by Gasteiger charge is 2.29. The number of carboxylic acid groups (broad SMARTS) is 1. The van der Waals surface area contributed by atoms with Gasteiger partial charge in [-0.2, -0.15) is 0 Å². The van der Waals surface area contributed by atoms with E-state index in [9.17, 15) is 14.7 Å². The molecule has 0 unspecified atom stereocenters.